The highest BCUT2D eigenvalue weighted by Gasteiger charge is 2.25. The summed E-state index contributed by atoms with van der Waals surface area (Å²) in [6, 6.07) is 7.58. The second kappa shape index (κ2) is 4.51. The van der Waals surface area contributed by atoms with E-state index in [1.807, 2.05) is 24.3 Å². The Morgan fingerprint density at radius 1 is 1.33 bits per heavy atom. The molecule has 1 fully saturated rings. The molecule has 2 N–H and O–H groups in total. The number of anilines is 1. The molecule has 15 heavy (non-hydrogen) atoms. The SMILES string of the molecule is COc1ccc(N[C@@H]2COC[C@@H]2O)cc1. The van der Waals surface area contributed by atoms with E-state index < -0.39 is 6.10 Å². The van der Waals surface area contributed by atoms with E-state index in [-0.39, 0.29) is 6.04 Å². The Kier molecular flexibility index (Phi) is 3.08. The molecule has 0 aliphatic carbocycles. The Morgan fingerprint density at radius 3 is 2.60 bits per heavy atom. The van der Waals surface area contributed by atoms with Crippen LogP contribution in [0.15, 0.2) is 24.3 Å². The summed E-state index contributed by atoms with van der Waals surface area (Å²) in [5, 5.41) is 12.8. The van der Waals surface area contributed by atoms with E-state index in [4.69, 9.17) is 9.47 Å². The Balaban J connectivity index is 1.98. The van der Waals surface area contributed by atoms with Gasteiger partial charge >= 0.3 is 0 Å². The number of aliphatic hydroxyl groups is 1. The van der Waals surface area contributed by atoms with Crippen molar-refractivity contribution >= 4 is 5.69 Å². The highest BCUT2D eigenvalue weighted by Crippen LogP contribution is 2.18. The summed E-state index contributed by atoms with van der Waals surface area (Å²) in [7, 11) is 1.64. The van der Waals surface area contributed by atoms with Gasteiger partial charge in [-0.05, 0) is 24.3 Å². The first kappa shape index (κ1) is 10.3. The fraction of sp³-hybridized carbons (Fsp3) is 0.455. The molecule has 0 bridgehead atoms. The quantitative estimate of drug-likeness (QED) is 0.775. The third-order valence-corrected chi connectivity index (χ3v) is 2.49. The lowest BCUT2D eigenvalue weighted by Crippen LogP contribution is -2.31. The number of hydrogen-bond donors (Lipinski definition) is 2. The van der Waals surface area contributed by atoms with Crippen LogP contribution in [-0.4, -0.2) is 37.6 Å². The number of aliphatic hydroxyl groups excluding tert-OH is 1. The van der Waals surface area contributed by atoms with Crippen LogP contribution in [0.2, 0.25) is 0 Å². The van der Waals surface area contributed by atoms with Gasteiger partial charge in [-0.25, -0.2) is 0 Å². The first-order valence-corrected chi connectivity index (χ1v) is 4.96. The fourth-order valence-electron chi connectivity index (χ4n) is 1.58. The second-order valence-corrected chi connectivity index (χ2v) is 3.58. The van der Waals surface area contributed by atoms with Crippen LogP contribution < -0.4 is 10.1 Å². The minimum absolute atomic E-state index is 0.0154. The smallest absolute Gasteiger partial charge is 0.119 e. The largest absolute Gasteiger partial charge is 0.497 e. The predicted molar refractivity (Wildman–Crippen MR) is 57.2 cm³/mol. The third-order valence-electron chi connectivity index (χ3n) is 2.49. The summed E-state index contributed by atoms with van der Waals surface area (Å²) in [6.45, 7) is 0.959. The molecule has 0 radical (unpaired) electrons. The molecule has 2 rings (SSSR count). The molecule has 0 spiro atoms. The van der Waals surface area contributed by atoms with Crippen LogP contribution in [0.5, 0.6) is 5.75 Å². The van der Waals surface area contributed by atoms with E-state index in [0.29, 0.717) is 13.2 Å². The summed E-state index contributed by atoms with van der Waals surface area (Å²) in [6.07, 6.45) is -0.424. The van der Waals surface area contributed by atoms with Gasteiger partial charge in [-0.3, -0.25) is 0 Å². The van der Waals surface area contributed by atoms with E-state index in [9.17, 15) is 5.11 Å². The minimum Gasteiger partial charge on any atom is -0.497 e. The Bertz CT molecular complexity index is 312. The van der Waals surface area contributed by atoms with Gasteiger partial charge in [-0.15, -0.1) is 0 Å². The maximum absolute atomic E-state index is 9.54. The molecule has 0 unspecified atom stereocenters. The van der Waals surface area contributed by atoms with Crippen molar-refractivity contribution < 1.29 is 14.6 Å². The zero-order chi connectivity index (χ0) is 10.7. The van der Waals surface area contributed by atoms with Gasteiger partial charge in [0.05, 0.1) is 32.5 Å². The summed E-state index contributed by atoms with van der Waals surface area (Å²) in [5.41, 5.74) is 0.963. The molecule has 1 saturated heterocycles. The predicted octanol–water partition coefficient (Wildman–Crippen LogP) is 0.867. The number of benzene rings is 1. The van der Waals surface area contributed by atoms with Crippen LogP contribution in [0.4, 0.5) is 5.69 Å². The van der Waals surface area contributed by atoms with E-state index in [1.54, 1.807) is 7.11 Å². The normalized spacial score (nSPS) is 25.2. The Labute approximate surface area is 88.8 Å². The van der Waals surface area contributed by atoms with Gasteiger partial charge in [0, 0.05) is 5.69 Å². The van der Waals surface area contributed by atoms with Gasteiger partial charge in [0.15, 0.2) is 0 Å². The third kappa shape index (κ3) is 2.40. The monoisotopic (exact) mass is 209 g/mol. The lowest BCUT2D eigenvalue weighted by atomic mass is 10.2. The molecule has 1 aromatic rings. The van der Waals surface area contributed by atoms with Crippen LogP contribution in [0.3, 0.4) is 0 Å². The molecule has 4 nitrogen and oxygen atoms in total. The number of rotatable bonds is 3. The van der Waals surface area contributed by atoms with Gasteiger partial charge < -0.3 is 19.9 Å². The van der Waals surface area contributed by atoms with Crippen molar-refractivity contribution in [1.29, 1.82) is 0 Å². The van der Waals surface area contributed by atoms with Gasteiger partial charge in [0.2, 0.25) is 0 Å². The zero-order valence-corrected chi connectivity index (χ0v) is 8.64. The second-order valence-electron chi connectivity index (χ2n) is 3.58. The van der Waals surface area contributed by atoms with Crippen LogP contribution in [0, 0.1) is 0 Å². The van der Waals surface area contributed by atoms with Gasteiger partial charge in [-0.1, -0.05) is 0 Å². The summed E-state index contributed by atoms with van der Waals surface area (Å²) >= 11 is 0. The Morgan fingerprint density at radius 2 is 2.07 bits per heavy atom. The standard InChI is InChI=1S/C11H15NO3/c1-14-9-4-2-8(3-5-9)12-10-6-15-7-11(10)13/h2-5,10-13H,6-7H2,1H3/t10-,11+/m1/s1. The molecule has 1 aliphatic rings. The molecule has 0 aromatic heterocycles. The molecule has 0 amide bonds. The molecule has 1 heterocycles. The first-order chi connectivity index (χ1) is 7.29. The van der Waals surface area contributed by atoms with Gasteiger partial charge in [0.1, 0.15) is 5.75 Å². The molecule has 4 heteroatoms. The Hall–Kier alpha value is -1.26. The van der Waals surface area contributed by atoms with E-state index in [2.05, 4.69) is 5.32 Å². The number of ether oxygens (including phenoxy) is 2. The average molecular weight is 209 g/mol. The van der Waals surface area contributed by atoms with Crippen molar-refractivity contribution in [3.63, 3.8) is 0 Å². The molecule has 2 atom stereocenters. The minimum atomic E-state index is -0.424. The first-order valence-electron chi connectivity index (χ1n) is 4.96. The maximum atomic E-state index is 9.54. The van der Waals surface area contributed by atoms with Gasteiger partial charge in [0.25, 0.3) is 0 Å². The molecule has 0 saturated carbocycles. The van der Waals surface area contributed by atoms with Crippen molar-refractivity contribution in [2.75, 3.05) is 25.6 Å². The molecular formula is C11H15NO3. The zero-order valence-electron chi connectivity index (χ0n) is 8.64. The van der Waals surface area contributed by atoms with Crippen LogP contribution in [-0.2, 0) is 4.74 Å². The fourth-order valence-corrected chi connectivity index (χ4v) is 1.58. The summed E-state index contributed by atoms with van der Waals surface area (Å²) < 4.78 is 10.2. The van der Waals surface area contributed by atoms with Crippen LogP contribution >= 0.6 is 0 Å². The molecule has 82 valence electrons. The molecular weight excluding hydrogens is 194 g/mol. The highest BCUT2D eigenvalue weighted by atomic mass is 16.5. The van der Waals surface area contributed by atoms with Crippen molar-refractivity contribution in [2.45, 2.75) is 12.1 Å². The van der Waals surface area contributed by atoms with Crippen molar-refractivity contribution in [1.82, 2.24) is 0 Å². The molecule has 1 aromatic carbocycles. The van der Waals surface area contributed by atoms with E-state index >= 15 is 0 Å². The number of hydrogen-bond acceptors (Lipinski definition) is 4. The highest BCUT2D eigenvalue weighted by molar-refractivity contribution is 5.47. The van der Waals surface area contributed by atoms with Crippen LogP contribution in [0.25, 0.3) is 0 Å². The van der Waals surface area contributed by atoms with E-state index in [1.165, 1.54) is 0 Å². The lowest BCUT2D eigenvalue weighted by Gasteiger charge is -2.15. The van der Waals surface area contributed by atoms with Crippen molar-refractivity contribution in [2.24, 2.45) is 0 Å². The van der Waals surface area contributed by atoms with Crippen LogP contribution in [0.1, 0.15) is 0 Å². The molecule has 1 aliphatic heterocycles. The van der Waals surface area contributed by atoms with Gasteiger partial charge in [-0.2, -0.15) is 0 Å². The lowest BCUT2D eigenvalue weighted by molar-refractivity contribution is 0.125. The number of nitrogens with one attached hydrogen (secondary N) is 1. The van der Waals surface area contributed by atoms with Crippen molar-refractivity contribution in [3.05, 3.63) is 24.3 Å². The van der Waals surface area contributed by atoms with Crippen molar-refractivity contribution in [3.8, 4) is 5.75 Å². The summed E-state index contributed by atoms with van der Waals surface area (Å²) in [5.74, 6) is 0.823. The van der Waals surface area contributed by atoms with E-state index in [0.717, 1.165) is 11.4 Å². The number of methoxy groups -OCH3 is 1. The topological polar surface area (TPSA) is 50.7 Å². The summed E-state index contributed by atoms with van der Waals surface area (Å²) in [4.78, 5) is 0. The average Bonchev–Trinajstić information content (AvgIpc) is 2.66. The maximum Gasteiger partial charge on any atom is 0.119 e.